The standard InChI is InChI=1S/C7H6N2O4S2/c1-4-3-15(12,13)5-2-14-7(9(10)11)6(5)8-4/h2-3,8H,1H3. The van der Waals surface area contributed by atoms with Gasteiger partial charge in [-0.15, -0.1) is 0 Å². The fourth-order valence-electron chi connectivity index (χ4n) is 1.31. The number of sulfone groups is 1. The number of fused-ring (bicyclic) bond motifs is 1. The Bertz CT molecular complexity index is 570. The Balaban J connectivity index is 2.71. The van der Waals surface area contributed by atoms with Crippen LogP contribution < -0.4 is 5.32 Å². The number of anilines is 1. The van der Waals surface area contributed by atoms with Crippen LogP contribution in [0.25, 0.3) is 0 Å². The van der Waals surface area contributed by atoms with Gasteiger partial charge in [0.25, 0.3) is 0 Å². The van der Waals surface area contributed by atoms with E-state index in [1.807, 2.05) is 0 Å². The van der Waals surface area contributed by atoms with Crippen LogP contribution in [0.3, 0.4) is 0 Å². The van der Waals surface area contributed by atoms with Gasteiger partial charge in [-0.05, 0) is 6.92 Å². The molecule has 1 aliphatic rings. The summed E-state index contributed by atoms with van der Waals surface area (Å²) in [6, 6.07) is 0. The fraction of sp³-hybridized carbons (Fsp3) is 0.143. The summed E-state index contributed by atoms with van der Waals surface area (Å²) in [5.41, 5.74) is 0.453. The normalized spacial score (nSPS) is 17.5. The van der Waals surface area contributed by atoms with E-state index < -0.39 is 14.8 Å². The zero-order valence-electron chi connectivity index (χ0n) is 7.55. The van der Waals surface area contributed by atoms with Crippen molar-refractivity contribution in [3.05, 3.63) is 26.6 Å². The molecule has 0 saturated carbocycles. The fourth-order valence-corrected chi connectivity index (χ4v) is 3.84. The van der Waals surface area contributed by atoms with E-state index in [0.717, 1.165) is 16.7 Å². The zero-order valence-corrected chi connectivity index (χ0v) is 9.18. The maximum atomic E-state index is 11.6. The highest BCUT2D eigenvalue weighted by atomic mass is 32.2. The van der Waals surface area contributed by atoms with E-state index in [1.54, 1.807) is 6.92 Å². The van der Waals surface area contributed by atoms with Crippen molar-refractivity contribution in [2.75, 3.05) is 5.32 Å². The predicted octanol–water partition coefficient (Wildman–Crippen LogP) is 1.72. The lowest BCUT2D eigenvalue weighted by atomic mass is 10.4. The first-order valence-electron chi connectivity index (χ1n) is 3.88. The van der Waals surface area contributed by atoms with E-state index in [9.17, 15) is 18.5 Å². The van der Waals surface area contributed by atoms with Crippen molar-refractivity contribution in [3.8, 4) is 0 Å². The quantitative estimate of drug-likeness (QED) is 0.602. The molecule has 0 aliphatic carbocycles. The third-order valence-electron chi connectivity index (χ3n) is 1.86. The molecule has 1 aromatic heterocycles. The molecular weight excluding hydrogens is 240 g/mol. The molecule has 8 heteroatoms. The van der Waals surface area contributed by atoms with Gasteiger partial charge in [0.2, 0.25) is 9.84 Å². The van der Waals surface area contributed by atoms with Crippen LogP contribution in [0.1, 0.15) is 6.92 Å². The molecule has 1 aliphatic heterocycles. The Morgan fingerprint density at radius 2 is 2.20 bits per heavy atom. The van der Waals surface area contributed by atoms with Crippen molar-refractivity contribution in [2.24, 2.45) is 0 Å². The zero-order chi connectivity index (χ0) is 11.2. The monoisotopic (exact) mass is 246 g/mol. The second-order valence-electron chi connectivity index (χ2n) is 3.01. The van der Waals surface area contributed by atoms with E-state index in [2.05, 4.69) is 5.32 Å². The summed E-state index contributed by atoms with van der Waals surface area (Å²) in [5.74, 6) is 0. The molecule has 0 unspecified atom stereocenters. The second kappa shape index (κ2) is 3.04. The molecular formula is C7H6N2O4S2. The van der Waals surface area contributed by atoms with E-state index >= 15 is 0 Å². The van der Waals surface area contributed by atoms with E-state index in [-0.39, 0.29) is 15.6 Å². The number of allylic oxidation sites excluding steroid dienone is 1. The number of nitro groups is 1. The van der Waals surface area contributed by atoms with Crippen molar-refractivity contribution < 1.29 is 13.3 Å². The summed E-state index contributed by atoms with van der Waals surface area (Å²) < 4.78 is 23.2. The number of nitrogens with one attached hydrogen (secondary N) is 1. The average molecular weight is 246 g/mol. The van der Waals surface area contributed by atoms with Crippen LogP contribution in [-0.4, -0.2) is 13.3 Å². The van der Waals surface area contributed by atoms with Gasteiger partial charge in [0, 0.05) is 11.1 Å². The van der Waals surface area contributed by atoms with Gasteiger partial charge in [0.05, 0.1) is 10.3 Å². The van der Waals surface area contributed by atoms with Crippen LogP contribution in [0.5, 0.6) is 0 Å². The van der Waals surface area contributed by atoms with Gasteiger partial charge in [-0.1, -0.05) is 11.3 Å². The maximum absolute atomic E-state index is 11.6. The summed E-state index contributed by atoms with van der Waals surface area (Å²) in [5, 5.41) is 15.5. The highest BCUT2D eigenvalue weighted by Crippen LogP contribution is 2.41. The number of hydrogen-bond donors (Lipinski definition) is 1. The maximum Gasteiger partial charge on any atom is 0.348 e. The largest absolute Gasteiger partial charge is 0.351 e. The molecule has 0 bridgehead atoms. The van der Waals surface area contributed by atoms with Gasteiger partial charge in [0.1, 0.15) is 10.6 Å². The van der Waals surface area contributed by atoms with Gasteiger partial charge in [-0.2, -0.15) is 0 Å². The van der Waals surface area contributed by atoms with Crippen molar-refractivity contribution in [1.29, 1.82) is 0 Å². The topological polar surface area (TPSA) is 89.3 Å². The molecule has 0 atom stereocenters. The van der Waals surface area contributed by atoms with Crippen molar-refractivity contribution >= 4 is 31.9 Å². The van der Waals surface area contributed by atoms with Gasteiger partial charge in [0.15, 0.2) is 0 Å². The lowest BCUT2D eigenvalue weighted by molar-refractivity contribution is -0.379. The number of rotatable bonds is 1. The van der Waals surface area contributed by atoms with Crippen LogP contribution in [-0.2, 0) is 9.84 Å². The second-order valence-corrected chi connectivity index (χ2v) is 5.63. The number of nitrogens with zero attached hydrogens (tertiary/aromatic N) is 1. The lowest BCUT2D eigenvalue weighted by Gasteiger charge is -2.12. The molecule has 0 spiro atoms. The number of thiophene rings is 1. The highest BCUT2D eigenvalue weighted by Gasteiger charge is 2.31. The lowest BCUT2D eigenvalue weighted by Crippen LogP contribution is -2.10. The third kappa shape index (κ3) is 1.51. The first kappa shape index (κ1) is 10.1. The highest BCUT2D eigenvalue weighted by molar-refractivity contribution is 7.94. The summed E-state index contributed by atoms with van der Waals surface area (Å²) in [6.07, 6.45) is 0. The van der Waals surface area contributed by atoms with Gasteiger partial charge < -0.3 is 5.32 Å². The van der Waals surface area contributed by atoms with Crippen molar-refractivity contribution in [1.82, 2.24) is 0 Å². The molecule has 0 fully saturated rings. The summed E-state index contributed by atoms with van der Waals surface area (Å²) in [6.45, 7) is 1.54. The first-order chi connectivity index (χ1) is 6.92. The van der Waals surface area contributed by atoms with Gasteiger partial charge in [-0.25, -0.2) is 8.42 Å². The third-order valence-corrected chi connectivity index (χ3v) is 4.54. The average Bonchev–Trinajstić information content (AvgIpc) is 2.45. The van der Waals surface area contributed by atoms with Gasteiger partial charge >= 0.3 is 5.00 Å². The smallest absolute Gasteiger partial charge is 0.348 e. The van der Waals surface area contributed by atoms with Crippen LogP contribution >= 0.6 is 11.3 Å². The molecule has 0 aromatic carbocycles. The first-order valence-corrected chi connectivity index (χ1v) is 6.31. The minimum atomic E-state index is -3.52. The van der Waals surface area contributed by atoms with Crippen LogP contribution in [0.2, 0.25) is 0 Å². The summed E-state index contributed by atoms with van der Waals surface area (Å²) in [7, 11) is -3.52. The molecule has 0 amide bonds. The van der Waals surface area contributed by atoms with Crippen molar-refractivity contribution in [2.45, 2.75) is 11.8 Å². The molecule has 6 nitrogen and oxygen atoms in total. The molecule has 2 heterocycles. The van der Waals surface area contributed by atoms with E-state index in [1.165, 1.54) is 5.38 Å². The van der Waals surface area contributed by atoms with Crippen LogP contribution in [0, 0.1) is 10.1 Å². The Morgan fingerprint density at radius 3 is 2.80 bits per heavy atom. The molecule has 15 heavy (non-hydrogen) atoms. The SMILES string of the molecule is CC1=CS(=O)(=O)c2csc([N+](=O)[O-])c2N1. The minimum absolute atomic E-state index is 0.0233. The Kier molecular flexibility index (Phi) is 2.05. The molecule has 2 rings (SSSR count). The number of hydrogen-bond acceptors (Lipinski definition) is 6. The Hall–Kier alpha value is -1.41. The van der Waals surface area contributed by atoms with Crippen LogP contribution in [0.15, 0.2) is 21.4 Å². The molecule has 0 saturated heterocycles. The van der Waals surface area contributed by atoms with Crippen LogP contribution in [0.4, 0.5) is 10.7 Å². The summed E-state index contributed by atoms with van der Waals surface area (Å²) >= 11 is 0.804. The van der Waals surface area contributed by atoms with Gasteiger partial charge in [-0.3, -0.25) is 10.1 Å². The van der Waals surface area contributed by atoms with Crippen molar-refractivity contribution in [3.63, 3.8) is 0 Å². The van der Waals surface area contributed by atoms with E-state index in [0.29, 0.717) is 5.70 Å². The molecule has 0 radical (unpaired) electrons. The molecule has 1 aromatic rings. The van der Waals surface area contributed by atoms with E-state index in [4.69, 9.17) is 0 Å². The summed E-state index contributed by atoms with van der Waals surface area (Å²) in [4.78, 5) is 10.00. The Labute approximate surface area is 89.3 Å². The molecule has 80 valence electrons. The predicted molar refractivity (Wildman–Crippen MR) is 55.5 cm³/mol. The Morgan fingerprint density at radius 1 is 1.53 bits per heavy atom. The molecule has 1 N–H and O–H groups in total. The minimum Gasteiger partial charge on any atom is -0.351 e.